The predicted octanol–water partition coefficient (Wildman–Crippen LogP) is 1.31. The van der Waals surface area contributed by atoms with Crippen LogP contribution >= 0.6 is 0 Å². The van der Waals surface area contributed by atoms with E-state index in [-0.39, 0.29) is 24.8 Å². The van der Waals surface area contributed by atoms with E-state index in [0.717, 1.165) is 12.8 Å². The van der Waals surface area contributed by atoms with Crippen LogP contribution in [0.5, 0.6) is 11.5 Å². The van der Waals surface area contributed by atoms with E-state index in [2.05, 4.69) is 10.6 Å². The van der Waals surface area contributed by atoms with Gasteiger partial charge in [0.15, 0.2) is 11.5 Å². The maximum absolute atomic E-state index is 11.7. The van der Waals surface area contributed by atoms with E-state index >= 15 is 0 Å². The van der Waals surface area contributed by atoms with Gasteiger partial charge < -0.3 is 25.2 Å². The topological polar surface area (TPSA) is 79.8 Å². The highest BCUT2D eigenvalue weighted by Gasteiger charge is 2.42. The van der Waals surface area contributed by atoms with Crippen LogP contribution in [-0.2, 0) is 0 Å². The summed E-state index contributed by atoms with van der Waals surface area (Å²) in [6.07, 6.45) is 1.93. The van der Waals surface area contributed by atoms with Gasteiger partial charge >= 0.3 is 6.03 Å². The molecule has 0 aromatic heterocycles. The summed E-state index contributed by atoms with van der Waals surface area (Å²) in [4.78, 5) is 11.7. The molecule has 3 N–H and O–H groups in total. The molecule has 1 heterocycles. The van der Waals surface area contributed by atoms with Crippen molar-refractivity contribution in [2.24, 2.45) is 5.41 Å². The largest absolute Gasteiger partial charge is 0.454 e. The van der Waals surface area contributed by atoms with E-state index in [1.807, 2.05) is 0 Å². The first kappa shape index (κ1) is 12.1. The molecule has 0 atom stereocenters. The van der Waals surface area contributed by atoms with Crippen LogP contribution in [0.3, 0.4) is 0 Å². The first-order valence-electron chi connectivity index (χ1n) is 6.26. The van der Waals surface area contributed by atoms with Gasteiger partial charge in [0, 0.05) is 23.7 Å². The third-order valence-electron chi connectivity index (χ3n) is 3.55. The first-order chi connectivity index (χ1) is 9.21. The second-order valence-electron chi connectivity index (χ2n) is 5.03. The van der Waals surface area contributed by atoms with Crippen molar-refractivity contribution >= 4 is 11.7 Å². The fourth-order valence-electron chi connectivity index (χ4n) is 1.98. The lowest BCUT2D eigenvalue weighted by Crippen LogP contribution is -2.35. The molecule has 102 valence electrons. The van der Waals surface area contributed by atoms with Crippen LogP contribution in [-0.4, -0.2) is 31.1 Å². The van der Waals surface area contributed by atoms with E-state index in [4.69, 9.17) is 14.6 Å². The second kappa shape index (κ2) is 4.62. The number of aliphatic hydroxyl groups excluding tert-OH is 1. The third kappa shape index (κ3) is 2.58. The van der Waals surface area contributed by atoms with Gasteiger partial charge in [0.25, 0.3) is 0 Å². The highest BCUT2D eigenvalue weighted by atomic mass is 16.7. The molecule has 19 heavy (non-hydrogen) atoms. The molecule has 0 saturated heterocycles. The standard InChI is InChI=1S/C13H16N2O4/c16-7-13(3-4-13)6-14-12(17)15-9-1-2-10-11(5-9)19-8-18-10/h1-2,5,16H,3-4,6-8H2,(H2,14,15,17). The molecular weight excluding hydrogens is 248 g/mol. The van der Waals surface area contributed by atoms with E-state index in [1.165, 1.54) is 0 Å². The van der Waals surface area contributed by atoms with Crippen LogP contribution in [0.2, 0.25) is 0 Å². The molecular formula is C13H16N2O4. The average Bonchev–Trinajstić information content (AvgIpc) is 3.06. The van der Waals surface area contributed by atoms with Gasteiger partial charge in [0.2, 0.25) is 6.79 Å². The van der Waals surface area contributed by atoms with Crippen molar-refractivity contribution < 1.29 is 19.4 Å². The highest BCUT2D eigenvalue weighted by Crippen LogP contribution is 2.44. The summed E-state index contributed by atoms with van der Waals surface area (Å²) in [6, 6.07) is 4.96. The van der Waals surface area contributed by atoms with Crippen molar-refractivity contribution in [3.05, 3.63) is 18.2 Å². The summed E-state index contributed by atoms with van der Waals surface area (Å²) in [6.45, 7) is 0.835. The molecule has 0 spiro atoms. The molecule has 3 rings (SSSR count). The second-order valence-corrected chi connectivity index (χ2v) is 5.03. The quantitative estimate of drug-likeness (QED) is 0.766. The van der Waals surface area contributed by atoms with Gasteiger partial charge in [-0.25, -0.2) is 4.79 Å². The molecule has 0 unspecified atom stereocenters. The minimum absolute atomic E-state index is 0.0910. The maximum atomic E-state index is 11.7. The number of carbonyl (C=O) groups excluding carboxylic acids is 1. The van der Waals surface area contributed by atoms with Crippen molar-refractivity contribution in [3.63, 3.8) is 0 Å². The summed E-state index contributed by atoms with van der Waals surface area (Å²) in [5.74, 6) is 1.31. The minimum Gasteiger partial charge on any atom is -0.454 e. The van der Waals surface area contributed by atoms with Crippen LogP contribution in [0, 0.1) is 5.41 Å². The Balaban J connectivity index is 1.54. The number of rotatable bonds is 4. The minimum atomic E-state index is -0.279. The van der Waals surface area contributed by atoms with Crippen molar-refractivity contribution in [1.29, 1.82) is 0 Å². The summed E-state index contributed by atoms with van der Waals surface area (Å²) < 4.78 is 10.4. The number of urea groups is 1. The monoisotopic (exact) mass is 264 g/mol. The number of carbonyl (C=O) groups is 1. The van der Waals surface area contributed by atoms with E-state index < -0.39 is 0 Å². The predicted molar refractivity (Wildman–Crippen MR) is 68.3 cm³/mol. The summed E-state index contributed by atoms with van der Waals surface area (Å²) in [5.41, 5.74) is 0.558. The van der Waals surface area contributed by atoms with Gasteiger partial charge in [-0.15, -0.1) is 0 Å². The lowest BCUT2D eigenvalue weighted by atomic mass is 10.1. The van der Waals surface area contributed by atoms with Crippen LogP contribution < -0.4 is 20.1 Å². The smallest absolute Gasteiger partial charge is 0.319 e. The van der Waals surface area contributed by atoms with Gasteiger partial charge in [-0.05, 0) is 25.0 Å². The zero-order valence-electron chi connectivity index (χ0n) is 10.4. The van der Waals surface area contributed by atoms with E-state index in [0.29, 0.717) is 23.7 Å². The molecule has 2 amide bonds. The average molecular weight is 264 g/mol. The Kier molecular flexibility index (Phi) is 2.94. The summed E-state index contributed by atoms with van der Waals surface area (Å²) in [5, 5.41) is 14.7. The zero-order chi connectivity index (χ0) is 13.3. The Labute approximate surface area is 110 Å². The van der Waals surface area contributed by atoms with Crippen LogP contribution in [0.25, 0.3) is 0 Å². The molecule has 1 aromatic carbocycles. The van der Waals surface area contributed by atoms with Gasteiger partial charge in [0.05, 0.1) is 6.61 Å². The molecule has 0 bridgehead atoms. The van der Waals surface area contributed by atoms with E-state index in [9.17, 15) is 4.79 Å². The van der Waals surface area contributed by atoms with E-state index in [1.54, 1.807) is 18.2 Å². The normalized spacial score (nSPS) is 17.9. The lowest BCUT2D eigenvalue weighted by molar-refractivity contribution is 0.174. The van der Waals surface area contributed by atoms with Crippen LogP contribution in [0.15, 0.2) is 18.2 Å². The number of amides is 2. The first-order valence-corrected chi connectivity index (χ1v) is 6.26. The Hall–Kier alpha value is -1.95. The van der Waals surface area contributed by atoms with Gasteiger partial charge in [-0.2, -0.15) is 0 Å². The zero-order valence-corrected chi connectivity index (χ0v) is 10.4. The number of nitrogens with one attached hydrogen (secondary N) is 2. The van der Waals surface area contributed by atoms with Crippen LogP contribution in [0.4, 0.5) is 10.5 Å². The van der Waals surface area contributed by atoms with Gasteiger partial charge in [-0.1, -0.05) is 0 Å². The number of hydrogen-bond acceptors (Lipinski definition) is 4. The number of aliphatic hydroxyl groups is 1. The molecule has 6 nitrogen and oxygen atoms in total. The number of ether oxygens (including phenoxy) is 2. The fourth-order valence-corrected chi connectivity index (χ4v) is 1.98. The lowest BCUT2D eigenvalue weighted by Gasteiger charge is -2.13. The number of anilines is 1. The van der Waals surface area contributed by atoms with Crippen LogP contribution in [0.1, 0.15) is 12.8 Å². The van der Waals surface area contributed by atoms with Crippen molar-refractivity contribution in [3.8, 4) is 11.5 Å². The van der Waals surface area contributed by atoms with Gasteiger partial charge in [0.1, 0.15) is 0 Å². The molecule has 6 heteroatoms. The molecule has 1 aliphatic heterocycles. The molecule has 1 saturated carbocycles. The number of benzene rings is 1. The Morgan fingerprint density at radius 2 is 2.11 bits per heavy atom. The highest BCUT2D eigenvalue weighted by molar-refractivity contribution is 5.89. The Morgan fingerprint density at radius 1 is 1.32 bits per heavy atom. The Bertz CT molecular complexity index is 499. The summed E-state index contributed by atoms with van der Waals surface area (Å²) >= 11 is 0. The van der Waals surface area contributed by atoms with Crippen molar-refractivity contribution in [2.45, 2.75) is 12.8 Å². The Morgan fingerprint density at radius 3 is 2.84 bits per heavy atom. The third-order valence-corrected chi connectivity index (χ3v) is 3.55. The molecule has 1 fully saturated rings. The van der Waals surface area contributed by atoms with Crippen molar-refractivity contribution in [2.75, 3.05) is 25.3 Å². The maximum Gasteiger partial charge on any atom is 0.319 e. The number of fused-ring (bicyclic) bond motifs is 1. The summed E-state index contributed by atoms with van der Waals surface area (Å²) in [7, 11) is 0. The number of hydrogen-bond donors (Lipinski definition) is 3. The fraction of sp³-hybridized carbons (Fsp3) is 0.462. The molecule has 1 aliphatic carbocycles. The SMILES string of the molecule is O=C(NCC1(CO)CC1)Nc1ccc2c(c1)OCO2. The molecule has 1 aromatic rings. The molecule has 0 radical (unpaired) electrons. The van der Waals surface area contributed by atoms with Gasteiger partial charge in [-0.3, -0.25) is 0 Å². The molecule has 2 aliphatic rings. The van der Waals surface area contributed by atoms with Crippen molar-refractivity contribution in [1.82, 2.24) is 5.32 Å².